The van der Waals surface area contributed by atoms with Gasteiger partial charge in [-0.05, 0) is 37.5 Å². The number of esters is 4. The summed E-state index contributed by atoms with van der Waals surface area (Å²) in [7, 11) is -9.90. The fourth-order valence-corrected chi connectivity index (χ4v) is 12.2. The molecular formula is C70H136O17P2. The van der Waals surface area contributed by atoms with E-state index in [2.05, 4.69) is 41.5 Å². The average Bonchev–Trinajstić information content (AvgIpc) is 3.70. The minimum atomic E-state index is -4.95. The highest BCUT2D eigenvalue weighted by Gasteiger charge is 2.30. The SMILES string of the molecule is CCCCCCCCCCCCCC(=O)O[C@H](COC(=O)CCCCCCCCCCCC)COP(=O)(O)OC[C@H](O)COP(=O)(O)OC[C@@H](COC(=O)CCCCCCCCCCCCCC(C)C)OC(=O)CCCCCCCCCCCCCC(C)C. The third kappa shape index (κ3) is 64.6. The second-order valence-electron chi connectivity index (χ2n) is 26.2. The van der Waals surface area contributed by atoms with Gasteiger partial charge in [0.25, 0.3) is 0 Å². The molecule has 0 aromatic rings. The molecule has 0 fully saturated rings. The number of aliphatic hydroxyl groups is 1. The molecule has 89 heavy (non-hydrogen) atoms. The number of hydrogen-bond acceptors (Lipinski definition) is 15. The Hall–Kier alpha value is -1.94. The van der Waals surface area contributed by atoms with E-state index in [-0.39, 0.29) is 25.7 Å². The van der Waals surface area contributed by atoms with Crippen molar-refractivity contribution in [3.05, 3.63) is 0 Å². The van der Waals surface area contributed by atoms with E-state index in [1.807, 2.05) is 0 Å². The molecule has 3 N–H and O–H groups in total. The standard InChI is InChI=1S/C70H136O17P2/c1-7-9-11-13-15-17-21-30-36-42-48-54-69(74)86-65(58-80-67(72)52-46-40-34-28-18-16-14-12-10-8-2)60-84-88(76,77)82-56-64(71)57-83-89(78,79)85-61-66(87-70(75)55-49-43-37-31-25-20-23-27-33-39-45-51-63(5)6)59-81-68(73)53-47-41-35-29-24-19-22-26-32-38-44-50-62(3)4/h62-66,71H,7-61H2,1-6H3,(H,76,77)(H,78,79)/t64-,65+,66+/m0/s1. The fourth-order valence-electron chi connectivity index (χ4n) is 10.6. The van der Waals surface area contributed by atoms with Crippen LogP contribution in [0.5, 0.6) is 0 Å². The summed E-state index contributed by atoms with van der Waals surface area (Å²) in [4.78, 5) is 72.5. The van der Waals surface area contributed by atoms with Crippen LogP contribution in [0.15, 0.2) is 0 Å². The quantitative estimate of drug-likeness (QED) is 0.0222. The zero-order chi connectivity index (χ0) is 65.7. The third-order valence-electron chi connectivity index (χ3n) is 16.2. The molecule has 0 aliphatic carbocycles. The maximum atomic E-state index is 13.0. The number of phosphoric acid groups is 2. The van der Waals surface area contributed by atoms with Crippen molar-refractivity contribution in [2.45, 2.75) is 374 Å². The van der Waals surface area contributed by atoms with Crippen molar-refractivity contribution >= 4 is 39.5 Å². The minimum absolute atomic E-state index is 0.106. The van der Waals surface area contributed by atoms with Crippen LogP contribution in [0.1, 0.15) is 356 Å². The second-order valence-corrected chi connectivity index (χ2v) is 29.1. The predicted molar refractivity (Wildman–Crippen MR) is 358 cm³/mol. The van der Waals surface area contributed by atoms with Crippen molar-refractivity contribution in [1.82, 2.24) is 0 Å². The van der Waals surface area contributed by atoms with Crippen molar-refractivity contribution in [2.24, 2.45) is 11.8 Å². The molecular weight excluding hydrogens is 1170 g/mol. The van der Waals surface area contributed by atoms with Gasteiger partial charge in [0, 0.05) is 25.7 Å². The Morgan fingerprint density at radius 3 is 0.764 bits per heavy atom. The molecule has 0 saturated heterocycles. The molecule has 0 heterocycles. The van der Waals surface area contributed by atoms with E-state index in [1.165, 1.54) is 173 Å². The summed E-state index contributed by atoms with van der Waals surface area (Å²) < 4.78 is 68.3. The van der Waals surface area contributed by atoms with Crippen LogP contribution in [0.2, 0.25) is 0 Å². The molecule has 528 valence electrons. The van der Waals surface area contributed by atoms with Crippen molar-refractivity contribution in [3.63, 3.8) is 0 Å². The summed E-state index contributed by atoms with van der Waals surface area (Å²) in [5.41, 5.74) is 0. The molecule has 0 aromatic heterocycles. The monoisotopic (exact) mass is 1310 g/mol. The summed E-state index contributed by atoms with van der Waals surface area (Å²) in [6, 6.07) is 0. The van der Waals surface area contributed by atoms with Gasteiger partial charge in [-0.2, -0.15) is 0 Å². The van der Waals surface area contributed by atoms with Gasteiger partial charge in [-0.25, -0.2) is 9.13 Å². The molecule has 0 rings (SSSR count). The van der Waals surface area contributed by atoms with Crippen LogP contribution in [0.4, 0.5) is 0 Å². The summed E-state index contributed by atoms with van der Waals surface area (Å²) in [6.45, 7) is 9.54. The largest absolute Gasteiger partial charge is 0.472 e. The first-order chi connectivity index (χ1) is 42.9. The zero-order valence-electron chi connectivity index (χ0n) is 57.7. The molecule has 0 spiro atoms. The number of carbonyl (C=O) groups is 4. The van der Waals surface area contributed by atoms with Crippen LogP contribution >= 0.6 is 15.6 Å². The minimum Gasteiger partial charge on any atom is -0.462 e. The molecule has 0 aliphatic rings. The smallest absolute Gasteiger partial charge is 0.462 e. The highest BCUT2D eigenvalue weighted by Crippen LogP contribution is 2.45. The van der Waals surface area contributed by atoms with E-state index < -0.39 is 97.5 Å². The maximum Gasteiger partial charge on any atom is 0.472 e. The Kier molecular flexibility index (Phi) is 60.8. The maximum absolute atomic E-state index is 13.0. The molecule has 0 amide bonds. The molecule has 0 aliphatic heterocycles. The third-order valence-corrected chi connectivity index (χ3v) is 18.1. The van der Waals surface area contributed by atoms with Crippen LogP contribution < -0.4 is 0 Å². The number of unbranched alkanes of at least 4 members (excludes halogenated alkanes) is 39. The molecule has 0 bridgehead atoms. The van der Waals surface area contributed by atoms with Gasteiger partial charge < -0.3 is 33.8 Å². The van der Waals surface area contributed by atoms with E-state index in [0.717, 1.165) is 102 Å². The average molecular weight is 1310 g/mol. The Morgan fingerprint density at radius 2 is 0.517 bits per heavy atom. The number of hydrogen-bond donors (Lipinski definition) is 3. The highest BCUT2D eigenvalue weighted by molar-refractivity contribution is 7.47. The Bertz CT molecular complexity index is 1730. The van der Waals surface area contributed by atoms with Crippen molar-refractivity contribution < 1.29 is 80.2 Å². The van der Waals surface area contributed by atoms with Crippen molar-refractivity contribution in [1.29, 1.82) is 0 Å². The van der Waals surface area contributed by atoms with Crippen molar-refractivity contribution in [3.8, 4) is 0 Å². The van der Waals surface area contributed by atoms with Crippen LogP contribution in [0.3, 0.4) is 0 Å². The number of phosphoric ester groups is 2. The topological polar surface area (TPSA) is 237 Å². The summed E-state index contributed by atoms with van der Waals surface area (Å²) in [5.74, 6) is -0.587. The summed E-state index contributed by atoms with van der Waals surface area (Å²) in [5, 5.41) is 10.6. The summed E-state index contributed by atoms with van der Waals surface area (Å²) in [6.07, 6.45) is 47.0. The van der Waals surface area contributed by atoms with Gasteiger partial charge in [0.15, 0.2) is 12.2 Å². The Balaban J connectivity index is 5.25. The lowest BCUT2D eigenvalue weighted by molar-refractivity contribution is -0.161. The first-order valence-electron chi connectivity index (χ1n) is 36.5. The molecule has 0 saturated carbocycles. The fraction of sp³-hybridized carbons (Fsp3) is 0.943. The first kappa shape index (κ1) is 87.1. The van der Waals surface area contributed by atoms with Gasteiger partial charge in [-0.3, -0.25) is 37.3 Å². The van der Waals surface area contributed by atoms with E-state index in [4.69, 9.17) is 37.0 Å². The first-order valence-corrected chi connectivity index (χ1v) is 39.5. The lowest BCUT2D eigenvalue weighted by atomic mass is 10.0. The molecule has 19 heteroatoms. The Labute approximate surface area is 543 Å². The van der Waals surface area contributed by atoms with Gasteiger partial charge in [0.1, 0.15) is 19.3 Å². The lowest BCUT2D eigenvalue weighted by Gasteiger charge is -2.21. The van der Waals surface area contributed by atoms with Crippen LogP contribution in [-0.4, -0.2) is 96.7 Å². The van der Waals surface area contributed by atoms with E-state index in [0.29, 0.717) is 25.7 Å². The van der Waals surface area contributed by atoms with Gasteiger partial charge in [-0.15, -0.1) is 0 Å². The zero-order valence-corrected chi connectivity index (χ0v) is 59.5. The van der Waals surface area contributed by atoms with E-state index >= 15 is 0 Å². The number of rotatable bonds is 69. The summed E-state index contributed by atoms with van der Waals surface area (Å²) >= 11 is 0. The molecule has 0 aromatic carbocycles. The van der Waals surface area contributed by atoms with Gasteiger partial charge >= 0.3 is 39.5 Å². The number of carbonyl (C=O) groups excluding carboxylic acids is 4. The van der Waals surface area contributed by atoms with Crippen LogP contribution in [-0.2, 0) is 65.4 Å². The second kappa shape index (κ2) is 62.2. The molecule has 2 unspecified atom stereocenters. The van der Waals surface area contributed by atoms with Gasteiger partial charge in [0.2, 0.25) is 0 Å². The number of aliphatic hydroxyl groups excluding tert-OH is 1. The predicted octanol–water partition coefficient (Wildman–Crippen LogP) is 20.0. The normalized spacial score (nSPS) is 14.1. The highest BCUT2D eigenvalue weighted by atomic mass is 31.2. The van der Waals surface area contributed by atoms with E-state index in [9.17, 15) is 43.2 Å². The van der Waals surface area contributed by atoms with Crippen molar-refractivity contribution in [2.75, 3.05) is 39.6 Å². The van der Waals surface area contributed by atoms with Gasteiger partial charge in [0.05, 0.1) is 26.4 Å². The molecule has 5 atom stereocenters. The lowest BCUT2D eigenvalue weighted by Crippen LogP contribution is -2.30. The number of ether oxygens (including phenoxy) is 4. The van der Waals surface area contributed by atoms with Crippen LogP contribution in [0, 0.1) is 11.8 Å². The Morgan fingerprint density at radius 1 is 0.303 bits per heavy atom. The van der Waals surface area contributed by atoms with Gasteiger partial charge in [-0.1, -0.05) is 305 Å². The molecule has 17 nitrogen and oxygen atoms in total. The van der Waals surface area contributed by atoms with Crippen LogP contribution in [0.25, 0.3) is 0 Å². The van der Waals surface area contributed by atoms with E-state index in [1.54, 1.807) is 0 Å². The molecule has 0 radical (unpaired) electrons.